The number of fused-ring (bicyclic) bond motifs is 4. The molecule has 7 heteroatoms. The zero-order valence-electron chi connectivity index (χ0n) is 14.9. The van der Waals surface area contributed by atoms with Crippen molar-refractivity contribution in [3.63, 3.8) is 0 Å². The van der Waals surface area contributed by atoms with Crippen LogP contribution >= 0.6 is 15.9 Å². The first-order valence-electron chi connectivity index (χ1n) is 8.93. The summed E-state index contributed by atoms with van der Waals surface area (Å²) in [4.78, 5) is 6.89. The zero-order chi connectivity index (χ0) is 18.7. The number of hydrogen-bond acceptors (Lipinski definition) is 4. The highest BCUT2D eigenvalue weighted by atomic mass is 79.9. The molecule has 2 aromatic carbocycles. The van der Waals surface area contributed by atoms with Gasteiger partial charge in [0.2, 0.25) is 0 Å². The van der Waals surface area contributed by atoms with E-state index in [1.54, 1.807) is 10.5 Å². The molecule has 1 aliphatic heterocycles. The van der Waals surface area contributed by atoms with Crippen molar-refractivity contribution in [2.45, 2.75) is 32.7 Å². The maximum Gasteiger partial charge on any atom is 0.257 e. The number of anilines is 2. The van der Waals surface area contributed by atoms with E-state index in [9.17, 15) is 0 Å². The highest BCUT2D eigenvalue weighted by Gasteiger charge is 2.29. The van der Waals surface area contributed by atoms with E-state index in [1.807, 2.05) is 25.1 Å². The molecule has 0 radical (unpaired) electrons. The molecule has 0 bridgehead atoms. The molecule has 0 N–H and O–H groups in total. The molecule has 5 nitrogen and oxygen atoms in total. The third-order valence-electron chi connectivity index (χ3n) is 5.30. The maximum absolute atomic E-state index is 15.0. The molecule has 1 aliphatic rings. The topological polar surface area (TPSA) is 46.3 Å². The Labute approximate surface area is 164 Å². The summed E-state index contributed by atoms with van der Waals surface area (Å²) in [5, 5.41) is 8.83. The zero-order valence-corrected chi connectivity index (χ0v) is 16.5. The van der Waals surface area contributed by atoms with Gasteiger partial charge >= 0.3 is 0 Å². The molecule has 3 heterocycles. The van der Waals surface area contributed by atoms with Gasteiger partial charge in [-0.3, -0.25) is 4.40 Å². The molecule has 5 rings (SSSR count). The van der Waals surface area contributed by atoms with Crippen LogP contribution in [0.5, 0.6) is 0 Å². The van der Waals surface area contributed by atoms with Crippen molar-refractivity contribution in [1.29, 1.82) is 0 Å². The average molecular weight is 426 g/mol. The van der Waals surface area contributed by atoms with E-state index in [1.165, 1.54) is 11.6 Å². The molecule has 0 aliphatic carbocycles. The van der Waals surface area contributed by atoms with E-state index < -0.39 is 0 Å². The van der Waals surface area contributed by atoms with Crippen LogP contribution in [0.4, 0.5) is 15.9 Å². The number of benzene rings is 2. The fourth-order valence-corrected chi connectivity index (χ4v) is 4.57. The van der Waals surface area contributed by atoms with Gasteiger partial charge in [-0.2, -0.15) is 4.98 Å². The Balaban J connectivity index is 1.89. The number of hydrogen-bond donors (Lipinski definition) is 0. The van der Waals surface area contributed by atoms with Gasteiger partial charge in [0, 0.05) is 16.2 Å². The van der Waals surface area contributed by atoms with Crippen molar-refractivity contribution in [2.75, 3.05) is 4.90 Å². The van der Waals surface area contributed by atoms with Gasteiger partial charge in [0.05, 0.1) is 10.9 Å². The van der Waals surface area contributed by atoms with Crippen LogP contribution in [0.15, 0.2) is 40.9 Å². The SMILES string of the molecule is Cc1nnc2nc(N3c4cccc(Br)c4CCC3C)c3c(F)cccc3n12. The number of aryl methyl sites for hydroxylation is 1. The minimum absolute atomic E-state index is 0.188. The van der Waals surface area contributed by atoms with Crippen molar-refractivity contribution < 1.29 is 4.39 Å². The lowest BCUT2D eigenvalue weighted by Gasteiger charge is -2.37. The fraction of sp³-hybridized carbons (Fsp3) is 0.250. The Hall–Kier alpha value is -2.54. The van der Waals surface area contributed by atoms with E-state index in [2.05, 4.69) is 44.0 Å². The number of rotatable bonds is 1. The van der Waals surface area contributed by atoms with Crippen molar-refractivity contribution in [3.8, 4) is 0 Å². The predicted octanol–water partition coefficient (Wildman–Crippen LogP) is 4.96. The van der Waals surface area contributed by atoms with Crippen molar-refractivity contribution in [1.82, 2.24) is 19.6 Å². The molecule has 1 atom stereocenters. The molecule has 0 spiro atoms. The van der Waals surface area contributed by atoms with Crippen molar-refractivity contribution in [2.24, 2.45) is 0 Å². The van der Waals surface area contributed by atoms with Crippen LogP contribution in [0.25, 0.3) is 16.7 Å². The molecule has 1 unspecified atom stereocenters. The minimum Gasteiger partial charge on any atom is -0.322 e. The first-order valence-corrected chi connectivity index (χ1v) is 9.72. The highest BCUT2D eigenvalue weighted by Crippen LogP contribution is 2.42. The lowest BCUT2D eigenvalue weighted by atomic mass is 9.96. The Morgan fingerprint density at radius 3 is 2.81 bits per heavy atom. The average Bonchev–Trinajstić information content (AvgIpc) is 3.02. The van der Waals surface area contributed by atoms with Gasteiger partial charge in [0.1, 0.15) is 17.5 Å². The molecular formula is C20H17BrFN5. The largest absolute Gasteiger partial charge is 0.322 e. The van der Waals surface area contributed by atoms with E-state index >= 15 is 4.39 Å². The highest BCUT2D eigenvalue weighted by molar-refractivity contribution is 9.10. The van der Waals surface area contributed by atoms with E-state index in [0.29, 0.717) is 22.8 Å². The molecule has 0 amide bonds. The third-order valence-corrected chi connectivity index (χ3v) is 6.05. The quantitative estimate of drug-likeness (QED) is 0.432. The second-order valence-electron chi connectivity index (χ2n) is 6.95. The summed E-state index contributed by atoms with van der Waals surface area (Å²) in [7, 11) is 0. The number of halogens is 2. The predicted molar refractivity (Wildman–Crippen MR) is 107 cm³/mol. The van der Waals surface area contributed by atoms with Crippen LogP contribution < -0.4 is 4.90 Å². The van der Waals surface area contributed by atoms with Gasteiger partial charge in [-0.25, -0.2) is 4.39 Å². The van der Waals surface area contributed by atoms with Gasteiger partial charge in [0.25, 0.3) is 5.78 Å². The van der Waals surface area contributed by atoms with Crippen molar-refractivity contribution >= 4 is 44.1 Å². The van der Waals surface area contributed by atoms with Crippen LogP contribution in [0, 0.1) is 12.7 Å². The lowest BCUT2D eigenvalue weighted by Crippen LogP contribution is -2.34. The summed E-state index contributed by atoms with van der Waals surface area (Å²) in [5.41, 5.74) is 3.01. The summed E-state index contributed by atoms with van der Waals surface area (Å²) >= 11 is 3.66. The number of aromatic nitrogens is 4. The summed E-state index contributed by atoms with van der Waals surface area (Å²) in [6, 6.07) is 11.4. The van der Waals surface area contributed by atoms with Gasteiger partial charge in [-0.05, 0) is 56.5 Å². The van der Waals surface area contributed by atoms with Gasteiger partial charge in [-0.15, -0.1) is 10.2 Å². The summed E-state index contributed by atoms with van der Waals surface area (Å²) in [6.07, 6.45) is 1.94. The van der Waals surface area contributed by atoms with E-state index in [0.717, 1.165) is 28.5 Å². The standard InChI is InChI=1S/C20H17BrFN5/c1-11-9-10-13-14(21)5-3-7-16(13)26(11)19-18-15(22)6-4-8-17(18)27-12(2)24-25-20(27)23-19/h3-8,11H,9-10H2,1-2H3. The normalized spacial score (nSPS) is 16.9. The molecule has 0 fully saturated rings. The summed E-state index contributed by atoms with van der Waals surface area (Å²) in [6.45, 7) is 4.00. The Morgan fingerprint density at radius 2 is 1.96 bits per heavy atom. The van der Waals surface area contributed by atoms with Crippen LogP contribution in [-0.2, 0) is 6.42 Å². The molecule has 27 heavy (non-hydrogen) atoms. The van der Waals surface area contributed by atoms with Crippen molar-refractivity contribution in [3.05, 3.63) is 58.1 Å². The second-order valence-corrected chi connectivity index (χ2v) is 7.80. The first-order chi connectivity index (χ1) is 13.1. The molecule has 0 saturated carbocycles. The van der Waals surface area contributed by atoms with E-state index in [4.69, 9.17) is 4.98 Å². The maximum atomic E-state index is 15.0. The van der Waals surface area contributed by atoms with Crippen LogP contribution in [0.2, 0.25) is 0 Å². The minimum atomic E-state index is -0.292. The fourth-order valence-electron chi connectivity index (χ4n) is 4.01. The third kappa shape index (κ3) is 2.37. The lowest BCUT2D eigenvalue weighted by molar-refractivity contribution is 0.609. The van der Waals surface area contributed by atoms with Gasteiger partial charge in [-0.1, -0.05) is 28.1 Å². The molecule has 0 saturated heterocycles. The van der Waals surface area contributed by atoms with Crippen LogP contribution in [-0.4, -0.2) is 25.6 Å². The van der Waals surface area contributed by atoms with Gasteiger partial charge in [0.15, 0.2) is 0 Å². The Kier molecular flexibility index (Phi) is 3.69. The Bertz CT molecular complexity index is 1200. The van der Waals surface area contributed by atoms with Gasteiger partial charge < -0.3 is 4.90 Å². The number of nitrogens with zero attached hydrogens (tertiary/aromatic N) is 5. The summed E-state index contributed by atoms with van der Waals surface area (Å²) in [5.74, 6) is 1.47. The molecule has 4 aromatic rings. The monoisotopic (exact) mass is 425 g/mol. The molecule has 2 aromatic heterocycles. The molecule has 136 valence electrons. The second kappa shape index (κ2) is 5.99. The first kappa shape index (κ1) is 16.6. The molecular weight excluding hydrogens is 409 g/mol. The van der Waals surface area contributed by atoms with Crippen LogP contribution in [0.1, 0.15) is 24.7 Å². The smallest absolute Gasteiger partial charge is 0.257 e. The van der Waals surface area contributed by atoms with E-state index in [-0.39, 0.29) is 11.9 Å². The van der Waals surface area contributed by atoms with Crippen LogP contribution in [0.3, 0.4) is 0 Å². The summed E-state index contributed by atoms with van der Waals surface area (Å²) < 4.78 is 17.9. The Morgan fingerprint density at radius 1 is 1.15 bits per heavy atom.